The Hall–Kier alpha value is -2.34. The average Bonchev–Trinajstić information content (AvgIpc) is 2.47. The van der Waals surface area contributed by atoms with Gasteiger partial charge in [0, 0.05) is 11.9 Å². The number of sulfone groups is 1. The molecule has 0 saturated carbocycles. The summed E-state index contributed by atoms with van der Waals surface area (Å²) in [5.41, 5.74) is 0.945. The third-order valence-electron chi connectivity index (χ3n) is 2.97. The topological polar surface area (TPSA) is 72.5 Å². The fourth-order valence-corrected chi connectivity index (χ4v) is 2.55. The third kappa shape index (κ3) is 3.85. The molecule has 1 N–H and O–H groups in total. The minimum absolute atomic E-state index is 0.209. The van der Waals surface area contributed by atoms with Crippen molar-refractivity contribution >= 4 is 21.4 Å². The normalized spacial score (nSPS) is 11.0. The van der Waals surface area contributed by atoms with Crippen molar-refractivity contribution in [3.8, 4) is 5.75 Å². The Kier molecular flexibility index (Phi) is 4.82. The molecule has 116 valence electrons. The number of carbonyl (C=O) groups is 1. The van der Waals surface area contributed by atoms with Gasteiger partial charge in [-0.05, 0) is 43.3 Å². The maximum absolute atomic E-state index is 12.3. The molecular formula is C16H17NO4S. The van der Waals surface area contributed by atoms with Gasteiger partial charge in [-0.2, -0.15) is 0 Å². The highest BCUT2D eigenvalue weighted by molar-refractivity contribution is 7.90. The van der Waals surface area contributed by atoms with E-state index in [0.717, 1.165) is 6.26 Å². The van der Waals surface area contributed by atoms with E-state index >= 15 is 0 Å². The molecule has 0 fully saturated rings. The van der Waals surface area contributed by atoms with Crippen LogP contribution in [0.2, 0.25) is 0 Å². The van der Waals surface area contributed by atoms with Crippen LogP contribution in [0.5, 0.6) is 5.75 Å². The first kappa shape index (κ1) is 16.0. The number of hydrogen-bond acceptors (Lipinski definition) is 4. The largest absolute Gasteiger partial charge is 0.493 e. The number of hydrogen-bond donors (Lipinski definition) is 1. The summed E-state index contributed by atoms with van der Waals surface area (Å²) in [5.74, 6) is 0.200. The summed E-state index contributed by atoms with van der Waals surface area (Å²) in [5, 5.41) is 2.72. The lowest BCUT2D eigenvalue weighted by molar-refractivity contribution is 0.102. The molecule has 0 radical (unpaired) electrons. The minimum atomic E-state index is -3.25. The molecule has 0 unspecified atom stereocenters. The third-order valence-corrected chi connectivity index (χ3v) is 4.10. The van der Waals surface area contributed by atoms with Gasteiger partial charge in [-0.15, -0.1) is 0 Å². The molecule has 0 bridgehead atoms. The average molecular weight is 319 g/mol. The zero-order valence-electron chi connectivity index (χ0n) is 12.4. The highest BCUT2D eigenvalue weighted by Gasteiger charge is 2.12. The first-order chi connectivity index (χ1) is 10.4. The van der Waals surface area contributed by atoms with Gasteiger partial charge >= 0.3 is 0 Å². The molecule has 6 heteroatoms. The van der Waals surface area contributed by atoms with Gasteiger partial charge in [0.2, 0.25) is 0 Å². The summed E-state index contributed by atoms with van der Waals surface area (Å²) in [7, 11) is -3.25. The van der Waals surface area contributed by atoms with Crippen molar-refractivity contribution in [2.24, 2.45) is 0 Å². The second kappa shape index (κ2) is 6.62. The maximum Gasteiger partial charge on any atom is 0.259 e. The van der Waals surface area contributed by atoms with Gasteiger partial charge in [0.25, 0.3) is 5.91 Å². The highest BCUT2D eigenvalue weighted by Crippen LogP contribution is 2.20. The second-order valence-electron chi connectivity index (χ2n) is 4.68. The standard InChI is InChI=1S/C16H17NO4S/c1-3-21-15-7-5-4-6-14(15)16(18)17-12-8-10-13(11-9-12)22(2,19)20/h4-11H,3H2,1-2H3,(H,17,18). The first-order valence-corrected chi connectivity index (χ1v) is 8.64. The molecule has 0 atom stereocenters. The van der Waals surface area contributed by atoms with Crippen LogP contribution in [0, 0.1) is 0 Å². The predicted octanol–water partition coefficient (Wildman–Crippen LogP) is 2.74. The summed E-state index contributed by atoms with van der Waals surface area (Å²) in [6.07, 6.45) is 1.14. The molecular weight excluding hydrogens is 302 g/mol. The van der Waals surface area contributed by atoms with Crippen molar-refractivity contribution in [2.45, 2.75) is 11.8 Å². The lowest BCUT2D eigenvalue weighted by Crippen LogP contribution is -2.13. The van der Waals surface area contributed by atoms with Crippen LogP contribution in [0.3, 0.4) is 0 Å². The van der Waals surface area contributed by atoms with Gasteiger partial charge in [-0.3, -0.25) is 4.79 Å². The van der Waals surface area contributed by atoms with Crippen LogP contribution in [0.15, 0.2) is 53.4 Å². The molecule has 0 spiro atoms. The molecule has 0 heterocycles. The molecule has 0 aliphatic carbocycles. The van der Waals surface area contributed by atoms with E-state index in [1.165, 1.54) is 12.1 Å². The van der Waals surface area contributed by atoms with E-state index in [1.54, 1.807) is 36.4 Å². The summed E-state index contributed by atoms with van der Waals surface area (Å²) < 4.78 is 28.2. The van der Waals surface area contributed by atoms with Crippen LogP contribution in [-0.4, -0.2) is 27.2 Å². The number of amides is 1. The van der Waals surface area contributed by atoms with E-state index in [1.807, 2.05) is 6.92 Å². The number of carbonyl (C=O) groups excluding carboxylic acids is 1. The molecule has 2 aromatic rings. The quantitative estimate of drug-likeness (QED) is 0.920. The summed E-state index contributed by atoms with van der Waals surface area (Å²) >= 11 is 0. The highest BCUT2D eigenvalue weighted by atomic mass is 32.2. The van der Waals surface area contributed by atoms with E-state index in [2.05, 4.69) is 5.32 Å². The Morgan fingerprint density at radius 3 is 2.32 bits per heavy atom. The predicted molar refractivity (Wildman–Crippen MR) is 85.1 cm³/mol. The molecule has 1 amide bonds. The molecule has 0 aliphatic rings. The van der Waals surface area contributed by atoms with E-state index in [-0.39, 0.29) is 10.8 Å². The van der Waals surface area contributed by atoms with Crippen LogP contribution >= 0.6 is 0 Å². The molecule has 22 heavy (non-hydrogen) atoms. The van der Waals surface area contributed by atoms with Crippen LogP contribution in [0.1, 0.15) is 17.3 Å². The van der Waals surface area contributed by atoms with Crippen LogP contribution in [0.25, 0.3) is 0 Å². The maximum atomic E-state index is 12.3. The summed E-state index contributed by atoms with van der Waals surface area (Å²) in [4.78, 5) is 12.5. The summed E-state index contributed by atoms with van der Waals surface area (Å²) in [6.45, 7) is 2.31. The summed E-state index contributed by atoms with van der Waals surface area (Å²) in [6, 6.07) is 13.0. The van der Waals surface area contributed by atoms with Crippen molar-refractivity contribution in [3.63, 3.8) is 0 Å². The van der Waals surface area contributed by atoms with Gasteiger partial charge in [0.15, 0.2) is 9.84 Å². The Morgan fingerprint density at radius 2 is 1.73 bits per heavy atom. The zero-order valence-corrected chi connectivity index (χ0v) is 13.2. The van der Waals surface area contributed by atoms with Crippen molar-refractivity contribution < 1.29 is 17.9 Å². The Labute approximate surface area is 129 Å². The lowest BCUT2D eigenvalue weighted by atomic mass is 10.2. The molecule has 0 aromatic heterocycles. The number of benzene rings is 2. The molecule has 2 rings (SSSR count). The van der Waals surface area contributed by atoms with E-state index < -0.39 is 9.84 Å². The molecule has 0 saturated heterocycles. The van der Waals surface area contributed by atoms with Crippen LogP contribution in [-0.2, 0) is 9.84 Å². The Morgan fingerprint density at radius 1 is 1.09 bits per heavy atom. The van der Waals surface area contributed by atoms with E-state index in [4.69, 9.17) is 4.74 Å². The van der Waals surface area contributed by atoms with Crippen LogP contribution < -0.4 is 10.1 Å². The van der Waals surface area contributed by atoms with Crippen LogP contribution in [0.4, 0.5) is 5.69 Å². The fourth-order valence-electron chi connectivity index (χ4n) is 1.92. The van der Waals surface area contributed by atoms with Gasteiger partial charge in [0.1, 0.15) is 5.75 Å². The Bertz CT molecular complexity index is 767. The zero-order chi connectivity index (χ0) is 16.2. The number of anilines is 1. The number of para-hydroxylation sites is 1. The minimum Gasteiger partial charge on any atom is -0.493 e. The van der Waals surface area contributed by atoms with Crippen molar-refractivity contribution in [1.82, 2.24) is 0 Å². The van der Waals surface area contributed by atoms with Crippen molar-refractivity contribution in [3.05, 3.63) is 54.1 Å². The monoisotopic (exact) mass is 319 g/mol. The molecule has 0 aliphatic heterocycles. The number of ether oxygens (including phenoxy) is 1. The number of rotatable bonds is 5. The van der Waals surface area contributed by atoms with Gasteiger partial charge in [-0.25, -0.2) is 8.42 Å². The smallest absolute Gasteiger partial charge is 0.259 e. The van der Waals surface area contributed by atoms with Gasteiger partial charge in [0.05, 0.1) is 17.1 Å². The van der Waals surface area contributed by atoms with Crippen molar-refractivity contribution in [1.29, 1.82) is 0 Å². The molecule has 2 aromatic carbocycles. The molecule has 5 nitrogen and oxygen atoms in total. The SMILES string of the molecule is CCOc1ccccc1C(=O)Nc1ccc(S(C)(=O)=O)cc1. The van der Waals surface area contributed by atoms with Crippen molar-refractivity contribution in [2.75, 3.05) is 18.2 Å². The second-order valence-corrected chi connectivity index (χ2v) is 6.70. The fraction of sp³-hybridized carbons (Fsp3) is 0.188. The first-order valence-electron chi connectivity index (χ1n) is 6.75. The number of nitrogens with one attached hydrogen (secondary N) is 1. The van der Waals surface area contributed by atoms with E-state index in [9.17, 15) is 13.2 Å². The van der Waals surface area contributed by atoms with E-state index in [0.29, 0.717) is 23.6 Å². The Balaban J connectivity index is 2.19. The lowest BCUT2D eigenvalue weighted by Gasteiger charge is -2.10. The van der Waals surface area contributed by atoms with Gasteiger partial charge in [-0.1, -0.05) is 12.1 Å². The van der Waals surface area contributed by atoms with Gasteiger partial charge < -0.3 is 10.1 Å².